The monoisotopic (exact) mass is 451 g/mol. The summed E-state index contributed by atoms with van der Waals surface area (Å²) < 4.78 is 37.0. The van der Waals surface area contributed by atoms with Crippen molar-refractivity contribution in [3.05, 3.63) is 96.1 Å². The van der Waals surface area contributed by atoms with Crippen LogP contribution in [0.15, 0.2) is 84.3 Å². The molecule has 0 spiro atoms. The van der Waals surface area contributed by atoms with Crippen molar-refractivity contribution < 1.29 is 17.3 Å². The number of benzene rings is 3. The van der Waals surface area contributed by atoms with E-state index in [1.54, 1.807) is 24.3 Å². The molecule has 0 aliphatic heterocycles. The smallest absolute Gasteiger partial charge is 0.339 e. The van der Waals surface area contributed by atoms with Crippen LogP contribution >= 0.6 is 0 Å². The summed E-state index contributed by atoms with van der Waals surface area (Å²) in [6.45, 7) is 8.72. The molecule has 3 rings (SSSR count). The van der Waals surface area contributed by atoms with Gasteiger partial charge in [-0.25, -0.2) is 0 Å². The van der Waals surface area contributed by atoms with E-state index in [0.717, 1.165) is 17.7 Å². The van der Waals surface area contributed by atoms with Crippen LogP contribution in [0, 0.1) is 0 Å². The number of aryl methyl sites for hydroxylation is 1. The molecular weight excluding hydrogens is 422 g/mol. The highest BCUT2D eigenvalue weighted by Crippen LogP contribution is 2.36. The Bertz CT molecular complexity index is 1140. The van der Waals surface area contributed by atoms with Gasteiger partial charge in [0.15, 0.2) is 11.5 Å². The third kappa shape index (κ3) is 5.92. The Morgan fingerprint density at radius 1 is 0.969 bits per heavy atom. The van der Waals surface area contributed by atoms with Gasteiger partial charge in [0.25, 0.3) is 0 Å². The van der Waals surface area contributed by atoms with Crippen molar-refractivity contribution in [3.63, 3.8) is 0 Å². The zero-order valence-electron chi connectivity index (χ0n) is 18.5. The van der Waals surface area contributed by atoms with E-state index in [1.807, 2.05) is 19.1 Å². The fraction of sp³-hybridized carbons (Fsp3) is 0.231. The Kier molecular flexibility index (Phi) is 7.95. The Hall–Kier alpha value is -3.25. The van der Waals surface area contributed by atoms with Gasteiger partial charge < -0.3 is 14.2 Å². The predicted molar refractivity (Wildman–Crippen MR) is 129 cm³/mol. The topological polar surface area (TPSA) is 64.6 Å². The lowest BCUT2D eigenvalue weighted by atomic mass is 10.1. The third-order valence-corrected chi connectivity index (χ3v) is 6.17. The molecule has 0 aliphatic rings. The van der Waals surface area contributed by atoms with E-state index in [0.29, 0.717) is 30.9 Å². The van der Waals surface area contributed by atoms with Crippen molar-refractivity contribution in [2.75, 3.05) is 11.9 Å². The molecule has 6 heteroatoms. The van der Waals surface area contributed by atoms with Gasteiger partial charge in [0.1, 0.15) is 4.90 Å². The van der Waals surface area contributed by atoms with Crippen LogP contribution in [0.5, 0.6) is 11.5 Å². The van der Waals surface area contributed by atoms with Crippen molar-refractivity contribution >= 4 is 15.8 Å². The van der Waals surface area contributed by atoms with Gasteiger partial charge in [-0.3, -0.25) is 0 Å². The number of ether oxygens (including phenoxy) is 1. The molecule has 0 heterocycles. The van der Waals surface area contributed by atoms with E-state index in [2.05, 4.69) is 43.1 Å². The quantitative estimate of drug-likeness (QED) is 0.297. The van der Waals surface area contributed by atoms with Crippen LogP contribution < -0.4 is 14.2 Å². The summed E-state index contributed by atoms with van der Waals surface area (Å²) in [5.74, 6) is 0.594. The second kappa shape index (κ2) is 10.9. The van der Waals surface area contributed by atoms with Gasteiger partial charge in [-0.1, -0.05) is 43.3 Å². The second-order valence-electron chi connectivity index (χ2n) is 7.26. The van der Waals surface area contributed by atoms with Crippen molar-refractivity contribution in [3.8, 4) is 11.5 Å². The molecule has 0 saturated heterocycles. The van der Waals surface area contributed by atoms with E-state index in [9.17, 15) is 8.42 Å². The fourth-order valence-corrected chi connectivity index (χ4v) is 4.29. The zero-order valence-corrected chi connectivity index (χ0v) is 19.3. The average Bonchev–Trinajstić information content (AvgIpc) is 2.81. The lowest BCUT2D eigenvalue weighted by molar-refractivity contribution is 0.326. The maximum Gasteiger partial charge on any atom is 0.339 e. The summed E-state index contributed by atoms with van der Waals surface area (Å²) in [5, 5.41) is 3.40. The van der Waals surface area contributed by atoms with Crippen LogP contribution in [-0.2, 0) is 29.5 Å². The molecule has 0 aliphatic carbocycles. The summed E-state index contributed by atoms with van der Waals surface area (Å²) in [5.41, 5.74) is 3.94. The van der Waals surface area contributed by atoms with E-state index in [4.69, 9.17) is 8.92 Å². The highest BCUT2D eigenvalue weighted by Gasteiger charge is 2.22. The standard InChI is InChI=1S/C26H29NO4S/c1-4-10-22-17-21(19-27-23-15-13-20(5-2)14-16-23)18-25(30-6-3)26(22)31-32(28,29)24-11-8-7-9-12-24/h4,7-9,11-18,27H,1,5-6,10,19H2,2-3H3. The van der Waals surface area contributed by atoms with Crippen LogP contribution in [0.3, 0.4) is 0 Å². The largest absolute Gasteiger partial charge is 0.490 e. The van der Waals surface area contributed by atoms with Crippen molar-refractivity contribution in [1.29, 1.82) is 0 Å². The highest BCUT2D eigenvalue weighted by atomic mass is 32.2. The summed E-state index contributed by atoms with van der Waals surface area (Å²) >= 11 is 0. The molecule has 0 amide bonds. The van der Waals surface area contributed by atoms with Crippen LogP contribution in [0.25, 0.3) is 0 Å². The Labute approximate surface area is 190 Å². The summed E-state index contributed by atoms with van der Waals surface area (Å²) in [4.78, 5) is 0.0910. The molecule has 0 aromatic heterocycles. The molecule has 32 heavy (non-hydrogen) atoms. The predicted octanol–water partition coefficient (Wildman–Crippen LogP) is 5.76. The molecule has 0 saturated carbocycles. The summed E-state index contributed by atoms with van der Waals surface area (Å²) in [6, 6.07) is 20.1. The molecule has 0 radical (unpaired) electrons. The Morgan fingerprint density at radius 3 is 2.31 bits per heavy atom. The van der Waals surface area contributed by atoms with E-state index < -0.39 is 10.1 Å². The van der Waals surface area contributed by atoms with Gasteiger partial charge in [-0.05, 0) is 67.3 Å². The van der Waals surface area contributed by atoms with Crippen LogP contribution in [0.2, 0.25) is 0 Å². The number of allylic oxidation sites excluding steroid dienone is 1. The van der Waals surface area contributed by atoms with E-state index in [1.165, 1.54) is 17.7 Å². The first kappa shape index (κ1) is 23.4. The molecule has 1 N–H and O–H groups in total. The third-order valence-electron chi connectivity index (χ3n) is 4.94. The Balaban J connectivity index is 1.91. The molecule has 3 aromatic rings. The minimum Gasteiger partial charge on any atom is -0.490 e. The lowest BCUT2D eigenvalue weighted by Crippen LogP contribution is -2.13. The van der Waals surface area contributed by atoms with Gasteiger partial charge in [0.05, 0.1) is 6.61 Å². The number of hydrogen-bond acceptors (Lipinski definition) is 5. The molecular formula is C26H29NO4S. The number of nitrogens with one attached hydrogen (secondary N) is 1. The van der Waals surface area contributed by atoms with Crippen molar-refractivity contribution in [2.24, 2.45) is 0 Å². The lowest BCUT2D eigenvalue weighted by Gasteiger charge is -2.17. The zero-order chi connectivity index (χ0) is 23.0. The minimum absolute atomic E-state index is 0.0910. The first-order valence-electron chi connectivity index (χ1n) is 10.7. The number of rotatable bonds is 11. The van der Waals surface area contributed by atoms with Gasteiger partial charge in [-0.2, -0.15) is 8.42 Å². The summed E-state index contributed by atoms with van der Waals surface area (Å²) in [6.07, 6.45) is 3.16. The molecule has 0 bridgehead atoms. The van der Waals surface area contributed by atoms with Crippen molar-refractivity contribution in [1.82, 2.24) is 0 Å². The van der Waals surface area contributed by atoms with Gasteiger partial charge in [0.2, 0.25) is 0 Å². The maximum atomic E-state index is 12.8. The number of hydrogen-bond donors (Lipinski definition) is 1. The van der Waals surface area contributed by atoms with Crippen LogP contribution in [0.4, 0.5) is 5.69 Å². The Morgan fingerprint density at radius 2 is 1.69 bits per heavy atom. The van der Waals surface area contributed by atoms with Gasteiger partial charge in [-0.15, -0.1) is 6.58 Å². The van der Waals surface area contributed by atoms with Gasteiger partial charge >= 0.3 is 10.1 Å². The van der Waals surface area contributed by atoms with Gasteiger partial charge in [0, 0.05) is 17.8 Å². The highest BCUT2D eigenvalue weighted by molar-refractivity contribution is 7.87. The molecule has 168 valence electrons. The maximum absolute atomic E-state index is 12.8. The molecule has 0 fully saturated rings. The molecule has 5 nitrogen and oxygen atoms in total. The molecule has 3 aromatic carbocycles. The van der Waals surface area contributed by atoms with Crippen LogP contribution in [-0.4, -0.2) is 15.0 Å². The second-order valence-corrected chi connectivity index (χ2v) is 8.81. The first-order valence-corrected chi connectivity index (χ1v) is 12.1. The SMILES string of the molecule is C=CCc1cc(CNc2ccc(CC)cc2)cc(OCC)c1OS(=O)(=O)c1ccccc1. The minimum atomic E-state index is -4.00. The number of anilines is 1. The fourth-order valence-electron chi connectivity index (χ4n) is 3.30. The first-order chi connectivity index (χ1) is 15.5. The molecule has 0 atom stereocenters. The van der Waals surface area contributed by atoms with Crippen molar-refractivity contribution in [2.45, 2.75) is 38.1 Å². The summed E-state index contributed by atoms with van der Waals surface area (Å²) in [7, 11) is -4.00. The van der Waals surface area contributed by atoms with E-state index in [-0.39, 0.29) is 10.6 Å². The van der Waals surface area contributed by atoms with Crippen LogP contribution in [0.1, 0.15) is 30.5 Å². The van der Waals surface area contributed by atoms with E-state index >= 15 is 0 Å². The normalized spacial score (nSPS) is 11.1. The average molecular weight is 452 g/mol. The molecule has 0 unspecified atom stereocenters.